The summed E-state index contributed by atoms with van der Waals surface area (Å²) < 4.78 is 31.3. The minimum Gasteiger partial charge on any atom is -0.469 e. The number of ether oxygens (including phenoxy) is 6. The zero-order chi connectivity index (χ0) is 22.8. The molecule has 0 N–H and O–H groups in total. The number of carbonyl (C=O) groups excluding carboxylic acids is 5. The maximum Gasteiger partial charge on any atom is 0.306 e. The Kier molecular flexibility index (Phi) is 10.6. The highest BCUT2D eigenvalue weighted by Crippen LogP contribution is 2.34. The molecule has 1 saturated heterocycles. The van der Waals surface area contributed by atoms with Gasteiger partial charge in [-0.15, -0.1) is 11.8 Å². The summed E-state index contributed by atoms with van der Waals surface area (Å²) in [6, 6.07) is 0. The topological polar surface area (TPSA) is 141 Å². The van der Waals surface area contributed by atoms with Crippen LogP contribution in [0.2, 0.25) is 0 Å². The molecule has 0 aromatic rings. The van der Waals surface area contributed by atoms with Crippen LogP contribution in [0.1, 0.15) is 34.1 Å². The normalized spacial score (nSPS) is 25.6. The summed E-state index contributed by atoms with van der Waals surface area (Å²) in [7, 11) is 1.25. The van der Waals surface area contributed by atoms with Crippen LogP contribution in [0.5, 0.6) is 0 Å². The van der Waals surface area contributed by atoms with Crippen molar-refractivity contribution in [1.29, 1.82) is 0 Å². The molecule has 0 amide bonds. The number of methoxy groups -OCH3 is 1. The summed E-state index contributed by atoms with van der Waals surface area (Å²) >= 11 is 1.11. The number of thioether (sulfide) groups is 1. The molecule has 0 aliphatic carbocycles. The van der Waals surface area contributed by atoms with Crippen molar-refractivity contribution in [3.63, 3.8) is 0 Å². The van der Waals surface area contributed by atoms with Crippen molar-refractivity contribution in [1.82, 2.24) is 0 Å². The first kappa shape index (κ1) is 25.7. The van der Waals surface area contributed by atoms with Crippen LogP contribution in [0, 0.1) is 0 Å². The van der Waals surface area contributed by atoms with Gasteiger partial charge >= 0.3 is 29.8 Å². The fraction of sp³-hybridized carbons (Fsp3) is 0.722. The van der Waals surface area contributed by atoms with E-state index in [9.17, 15) is 24.0 Å². The molecule has 0 bridgehead atoms. The van der Waals surface area contributed by atoms with Gasteiger partial charge in [-0.1, -0.05) is 0 Å². The highest BCUT2D eigenvalue weighted by Gasteiger charge is 2.52. The molecule has 0 spiro atoms. The molecule has 0 unspecified atom stereocenters. The van der Waals surface area contributed by atoms with Crippen molar-refractivity contribution in [3.05, 3.63) is 0 Å². The first-order valence-electron chi connectivity index (χ1n) is 9.04. The van der Waals surface area contributed by atoms with Crippen molar-refractivity contribution < 1.29 is 52.4 Å². The minimum atomic E-state index is -1.22. The average Bonchev–Trinajstić information content (AvgIpc) is 2.63. The number of rotatable bonds is 9. The third-order valence-corrected chi connectivity index (χ3v) is 4.91. The van der Waals surface area contributed by atoms with E-state index in [1.54, 1.807) is 0 Å². The second kappa shape index (κ2) is 12.4. The highest BCUT2D eigenvalue weighted by atomic mass is 32.2. The fourth-order valence-corrected chi connectivity index (χ4v) is 3.82. The zero-order valence-electron chi connectivity index (χ0n) is 17.4. The predicted octanol–water partition coefficient (Wildman–Crippen LogP) is 0.366. The Morgan fingerprint density at radius 3 is 1.83 bits per heavy atom. The van der Waals surface area contributed by atoms with Gasteiger partial charge in [-0.2, -0.15) is 0 Å². The molecule has 1 heterocycles. The van der Waals surface area contributed by atoms with Gasteiger partial charge in [0.15, 0.2) is 18.3 Å². The van der Waals surface area contributed by atoms with Gasteiger partial charge in [0.05, 0.1) is 13.5 Å². The maximum absolute atomic E-state index is 11.7. The Morgan fingerprint density at radius 2 is 1.33 bits per heavy atom. The molecule has 170 valence electrons. The lowest BCUT2D eigenvalue weighted by Crippen LogP contribution is -2.61. The molecule has 1 aliphatic heterocycles. The van der Waals surface area contributed by atoms with Crippen LogP contribution in [0.25, 0.3) is 0 Å². The van der Waals surface area contributed by atoms with Crippen LogP contribution in [0.3, 0.4) is 0 Å². The number of hydrogen-bond acceptors (Lipinski definition) is 12. The van der Waals surface area contributed by atoms with Crippen LogP contribution in [-0.2, 0) is 52.4 Å². The molecule has 1 rings (SSSR count). The molecule has 5 atom stereocenters. The van der Waals surface area contributed by atoms with E-state index in [0.29, 0.717) is 0 Å². The van der Waals surface area contributed by atoms with Crippen LogP contribution in [0.4, 0.5) is 0 Å². The van der Waals surface area contributed by atoms with E-state index in [-0.39, 0.29) is 18.8 Å². The number of esters is 5. The van der Waals surface area contributed by atoms with E-state index in [2.05, 4.69) is 4.74 Å². The molecule has 0 aromatic carbocycles. The minimum absolute atomic E-state index is 0.0496. The molecular weight excluding hydrogens is 424 g/mol. The summed E-state index contributed by atoms with van der Waals surface area (Å²) in [5, 5.41) is 0. The lowest BCUT2D eigenvalue weighted by molar-refractivity contribution is -0.237. The van der Waals surface area contributed by atoms with E-state index in [0.717, 1.165) is 32.5 Å². The summed E-state index contributed by atoms with van der Waals surface area (Å²) in [4.78, 5) is 57.6. The van der Waals surface area contributed by atoms with Crippen molar-refractivity contribution >= 4 is 41.6 Å². The lowest BCUT2D eigenvalue weighted by atomic mass is 9.99. The quantitative estimate of drug-likeness (QED) is 0.354. The van der Waals surface area contributed by atoms with Crippen LogP contribution < -0.4 is 0 Å². The lowest BCUT2D eigenvalue weighted by Gasteiger charge is -2.44. The van der Waals surface area contributed by atoms with Gasteiger partial charge in [0, 0.05) is 33.4 Å². The van der Waals surface area contributed by atoms with Crippen LogP contribution in [0.15, 0.2) is 0 Å². The first-order valence-corrected chi connectivity index (χ1v) is 10.1. The smallest absolute Gasteiger partial charge is 0.306 e. The molecule has 1 fully saturated rings. The monoisotopic (exact) mass is 450 g/mol. The Balaban J connectivity index is 3.20. The standard InChI is InChI=1S/C18H26O11S/c1-9(19)25-8-13-15(26-10(2)20)16(27-11(3)21)17(28-12(4)22)18(29-13)30-7-6-14(23)24-5/h13,15-18H,6-8H2,1-5H3/t13-,15-,16+,17-,18+/m1/s1. The van der Waals surface area contributed by atoms with E-state index < -0.39 is 59.7 Å². The second-order valence-electron chi connectivity index (χ2n) is 6.26. The van der Waals surface area contributed by atoms with Gasteiger partial charge in [-0.25, -0.2) is 0 Å². The molecule has 0 aromatic heterocycles. The Bertz CT molecular complexity index is 650. The summed E-state index contributed by atoms with van der Waals surface area (Å²) in [5.74, 6) is -2.90. The van der Waals surface area contributed by atoms with Crippen molar-refractivity contribution in [3.8, 4) is 0 Å². The van der Waals surface area contributed by atoms with Crippen LogP contribution in [-0.4, -0.2) is 79.2 Å². The molecule has 30 heavy (non-hydrogen) atoms. The van der Waals surface area contributed by atoms with Gasteiger partial charge in [-0.05, 0) is 0 Å². The molecule has 1 aliphatic rings. The van der Waals surface area contributed by atoms with Gasteiger partial charge in [0.25, 0.3) is 0 Å². The van der Waals surface area contributed by atoms with Gasteiger partial charge in [-0.3, -0.25) is 24.0 Å². The summed E-state index contributed by atoms with van der Waals surface area (Å²) in [5.41, 5.74) is -0.907. The van der Waals surface area contributed by atoms with E-state index in [1.165, 1.54) is 14.0 Å². The molecule has 0 saturated carbocycles. The third-order valence-electron chi connectivity index (χ3n) is 3.76. The highest BCUT2D eigenvalue weighted by molar-refractivity contribution is 7.99. The molecular formula is C18H26O11S. The summed E-state index contributed by atoms with van der Waals surface area (Å²) in [6.07, 6.45) is -4.53. The average molecular weight is 450 g/mol. The van der Waals surface area contributed by atoms with Crippen molar-refractivity contribution in [2.75, 3.05) is 19.5 Å². The molecule has 0 radical (unpaired) electrons. The summed E-state index contributed by atoms with van der Waals surface area (Å²) in [6.45, 7) is 4.34. The van der Waals surface area contributed by atoms with E-state index in [1.807, 2.05) is 0 Å². The predicted molar refractivity (Wildman–Crippen MR) is 101 cm³/mol. The second-order valence-corrected chi connectivity index (χ2v) is 7.47. The number of carbonyl (C=O) groups is 5. The first-order chi connectivity index (χ1) is 14.0. The Hall–Kier alpha value is -2.34. The van der Waals surface area contributed by atoms with Crippen molar-refractivity contribution in [2.24, 2.45) is 0 Å². The van der Waals surface area contributed by atoms with Gasteiger partial charge in [0.1, 0.15) is 18.1 Å². The van der Waals surface area contributed by atoms with E-state index in [4.69, 9.17) is 23.7 Å². The van der Waals surface area contributed by atoms with Crippen LogP contribution >= 0.6 is 11.8 Å². The molecule has 11 nitrogen and oxygen atoms in total. The third kappa shape index (κ3) is 8.57. The van der Waals surface area contributed by atoms with Gasteiger partial charge in [0.2, 0.25) is 0 Å². The Morgan fingerprint density at radius 1 is 0.800 bits per heavy atom. The Labute approximate surface area is 178 Å². The fourth-order valence-electron chi connectivity index (χ4n) is 2.68. The van der Waals surface area contributed by atoms with Gasteiger partial charge < -0.3 is 28.4 Å². The SMILES string of the molecule is COC(=O)CCS[C@@H]1O[C@H](COC(C)=O)[C@@H](OC(C)=O)[C@H](OC(C)=O)[C@H]1OC(C)=O. The number of hydrogen-bond donors (Lipinski definition) is 0. The molecule has 12 heteroatoms. The largest absolute Gasteiger partial charge is 0.469 e. The zero-order valence-corrected chi connectivity index (χ0v) is 18.2. The maximum atomic E-state index is 11.7. The van der Waals surface area contributed by atoms with Crippen molar-refractivity contribution in [2.45, 2.75) is 64.0 Å². The van der Waals surface area contributed by atoms with E-state index >= 15 is 0 Å².